The van der Waals surface area contributed by atoms with Crippen LogP contribution in [0.5, 0.6) is 0 Å². The largest absolute Gasteiger partial charge is 0.395 e. The maximum absolute atomic E-state index is 10.5. The van der Waals surface area contributed by atoms with Gasteiger partial charge < -0.3 is 10.4 Å². The van der Waals surface area contributed by atoms with Crippen LogP contribution >= 0.6 is 11.3 Å². The molecule has 2 N–H and O–H groups in total. The lowest BCUT2D eigenvalue weighted by Crippen LogP contribution is -2.36. The standard InChI is InChI=1S/C10H16N2O3S/c1-7(2)9(5-13)11-4-8-3-10(12(14)15)16-6-8/h3,6-7,9,11,13H,4-5H2,1-2H3. The molecule has 16 heavy (non-hydrogen) atoms. The summed E-state index contributed by atoms with van der Waals surface area (Å²) in [7, 11) is 0. The number of aliphatic hydroxyl groups is 1. The Balaban J connectivity index is 2.50. The summed E-state index contributed by atoms with van der Waals surface area (Å²) >= 11 is 1.12. The van der Waals surface area contributed by atoms with E-state index in [0.29, 0.717) is 12.5 Å². The highest BCUT2D eigenvalue weighted by Crippen LogP contribution is 2.22. The second kappa shape index (κ2) is 5.93. The van der Waals surface area contributed by atoms with Crippen LogP contribution in [0.2, 0.25) is 0 Å². The highest BCUT2D eigenvalue weighted by atomic mass is 32.1. The molecule has 0 spiro atoms. The van der Waals surface area contributed by atoms with Gasteiger partial charge in [0, 0.05) is 24.0 Å². The second-order valence-electron chi connectivity index (χ2n) is 3.96. The Kier molecular flexibility index (Phi) is 4.85. The number of thiophene rings is 1. The smallest absolute Gasteiger partial charge is 0.324 e. The number of hydrogen-bond donors (Lipinski definition) is 2. The van der Waals surface area contributed by atoms with Gasteiger partial charge >= 0.3 is 5.00 Å². The number of nitro groups is 1. The second-order valence-corrected chi connectivity index (χ2v) is 4.85. The van der Waals surface area contributed by atoms with E-state index in [2.05, 4.69) is 5.32 Å². The average Bonchev–Trinajstić information content (AvgIpc) is 2.67. The molecule has 0 fully saturated rings. The predicted molar refractivity (Wildman–Crippen MR) is 63.5 cm³/mol. The van der Waals surface area contributed by atoms with Gasteiger partial charge in [0.1, 0.15) is 0 Å². The SMILES string of the molecule is CC(C)C(CO)NCc1csc([N+](=O)[O-])c1. The van der Waals surface area contributed by atoms with Crippen LogP contribution in [0.3, 0.4) is 0 Å². The minimum Gasteiger partial charge on any atom is -0.395 e. The zero-order valence-electron chi connectivity index (χ0n) is 9.34. The first-order valence-electron chi connectivity index (χ1n) is 5.10. The molecule has 1 aromatic rings. The fraction of sp³-hybridized carbons (Fsp3) is 0.600. The molecule has 0 aliphatic carbocycles. The van der Waals surface area contributed by atoms with E-state index >= 15 is 0 Å². The van der Waals surface area contributed by atoms with E-state index in [1.165, 1.54) is 0 Å². The van der Waals surface area contributed by atoms with Gasteiger partial charge in [0.05, 0.1) is 11.5 Å². The molecule has 0 saturated heterocycles. The van der Waals surface area contributed by atoms with Crippen LogP contribution in [-0.2, 0) is 6.54 Å². The maximum Gasteiger partial charge on any atom is 0.324 e. The molecule has 1 heterocycles. The molecule has 1 unspecified atom stereocenters. The van der Waals surface area contributed by atoms with E-state index in [9.17, 15) is 10.1 Å². The summed E-state index contributed by atoms with van der Waals surface area (Å²) in [5, 5.41) is 24.7. The van der Waals surface area contributed by atoms with Gasteiger partial charge in [-0.25, -0.2) is 0 Å². The molecule has 1 rings (SSSR count). The van der Waals surface area contributed by atoms with E-state index in [-0.39, 0.29) is 22.6 Å². The van der Waals surface area contributed by atoms with Gasteiger partial charge in [-0.1, -0.05) is 25.2 Å². The molecule has 90 valence electrons. The van der Waals surface area contributed by atoms with Crippen molar-refractivity contribution in [1.82, 2.24) is 5.32 Å². The number of nitrogens with zero attached hydrogens (tertiary/aromatic N) is 1. The monoisotopic (exact) mass is 244 g/mol. The Labute approximate surface area is 98.3 Å². The first kappa shape index (κ1) is 13.1. The van der Waals surface area contributed by atoms with E-state index < -0.39 is 0 Å². The minimum atomic E-state index is -0.389. The van der Waals surface area contributed by atoms with E-state index in [1.54, 1.807) is 11.4 Å². The van der Waals surface area contributed by atoms with Crippen LogP contribution in [0, 0.1) is 16.0 Å². The molecule has 0 saturated carbocycles. The summed E-state index contributed by atoms with van der Waals surface area (Å²) in [6.45, 7) is 4.66. The predicted octanol–water partition coefficient (Wildman–Crippen LogP) is 1.76. The fourth-order valence-corrected chi connectivity index (χ4v) is 2.04. The Bertz CT molecular complexity index is 352. The average molecular weight is 244 g/mol. The molecule has 0 aliphatic rings. The molecule has 0 aliphatic heterocycles. The Morgan fingerprint density at radius 3 is 2.75 bits per heavy atom. The normalized spacial score (nSPS) is 13.0. The summed E-state index contributed by atoms with van der Waals surface area (Å²) in [5.41, 5.74) is 0.885. The third-order valence-corrected chi connectivity index (χ3v) is 3.32. The van der Waals surface area contributed by atoms with Gasteiger partial charge in [0.15, 0.2) is 0 Å². The number of hydrogen-bond acceptors (Lipinski definition) is 5. The highest BCUT2D eigenvalue weighted by Gasteiger charge is 2.13. The van der Waals surface area contributed by atoms with E-state index in [4.69, 9.17) is 5.11 Å². The first-order chi connectivity index (χ1) is 7.54. The number of aliphatic hydroxyl groups excluding tert-OH is 1. The quantitative estimate of drug-likeness (QED) is 0.590. The molecule has 1 atom stereocenters. The molecule has 6 heteroatoms. The van der Waals surface area contributed by atoms with Crippen molar-refractivity contribution < 1.29 is 10.0 Å². The lowest BCUT2D eigenvalue weighted by Gasteiger charge is -2.19. The third-order valence-electron chi connectivity index (χ3n) is 2.39. The summed E-state index contributed by atoms with van der Waals surface area (Å²) < 4.78 is 0. The zero-order chi connectivity index (χ0) is 12.1. The van der Waals surface area contributed by atoms with Crippen molar-refractivity contribution >= 4 is 16.3 Å². The molecule has 0 radical (unpaired) electrons. The van der Waals surface area contributed by atoms with Crippen molar-refractivity contribution in [2.75, 3.05) is 6.61 Å². The fourth-order valence-electron chi connectivity index (χ4n) is 1.31. The summed E-state index contributed by atoms with van der Waals surface area (Å²) in [6, 6.07) is 1.59. The Hall–Kier alpha value is -0.980. The lowest BCUT2D eigenvalue weighted by molar-refractivity contribution is -0.380. The molecular formula is C10H16N2O3S. The van der Waals surface area contributed by atoms with Crippen molar-refractivity contribution in [3.8, 4) is 0 Å². The Morgan fingerprint density at radius 1 is 1.62 bits per heavy atom. The van der Waals surface area contributed by atoms with Gasteiger partial charge in [-0.05, 0) is 11.5 Å². The summed E-state index contributed by atoms with van der Waals surface area (Å²) in [4.78, 5) is 10.1. The highest BCUT2D eigenvalue weighted by molar-refractivity contribution is 7.13. The third kappa shape index (κ3) is 3.55. The lowest BCUT2D eigenvalue weighted by atomic mass is 10.1. The topological polar surface area (TPSA) is 75.4 Å². The van der Waals surface area contributed by atoms with Crippen molar-refractivity contribution in [3.05, 3.63) is 27.1 Å². The molecule has 0 bridgehead atoms. The van der Waals surface area contributed by atoms with Crippen LogP contribution < -0.4 is 5.32 Å². The molecular weight excluding hydrogens is 228 g/mol. The van der Waals surface area contributed by atoms with Crippen LogP contribution in [0.1, 0.15) is 19.4 Å². The summed E-state index contributed by atoms with van der Waals surface area (Å²) in [5.74, 6) is 0.332. The molecule has 5 nitrogen and oxygen atoms in total. The van der Waals surface area contributed by atoms with Gasteiger partial charge in [0.25, 0.3) is 0 Å². The molecule has 0 aromatic carbocycles. The van der Waals surface area contributed by atoms with E-state index in [0.717, 1.165) is 16.9 Å². The van der Waals surface area contributed by atoms with Gasteiger partial charge in [-0.15, -0.1) is 0 Å². The van der Waals surface area contributed by atoms with Crippen molar-refractivity contribution in [2.45, 2.75) is 26.4 Å². The van der Waals surface area contributed by atoms with Crippen LogP contribution in [0.4, 0.5) is 5.00 Å². The minimum absolute atomic E-state index is 0.0268. The van der Waals surface area contributed by atoms with Gasteiger partial charge in [-0.2, -0.15) is 0 Å². The Morgan fingerprint density at radius 2 is 2.31 bits per heavy atom. The van der Waals surface area contributed by atoms with Crippen LogP contribution in [0.25, 0.3) is 0 Å². The van der Waals surface area contributed by atoms with Crippen LogP contribution in [0.15, 0.2) is 11.4 Å². The summed E-state index contributed by atoms with van der Waals surface area (Å²) in [6.07, 6.45) is 0. The van der Waals surface area contributed by atoms with Crippen LogP contribution in [-0.4, -0.2) is 22.7 Å². The molecule has 0 amide bonds. The van der Waals surface area contributed by atoms with Crippen molar-refractivity contribution in [3.63, 3.8) is 0 Å². The first-order valence-corrected chi connectivity index (χ1v) is 5.98. The maximum atomic E-state index is 10.5. The van der Waals surface area contributed by atoms with Crippen molar-refractivity contribution in [1.29, 1.82) is 0 Å². The zero-order valence-corrected chi connectivity index (χ0v) is 10.2. The van der Waals surface area contributed by atoms with Crippen molar-refractivity contribution in [2.24, 2.45) is 5.92 Å². The van der Waals surface area contributed by atoms with Gasteiger partial charge in [-0.3, -0.25) is 10.1 Å². The number of rotatable bonds is 6. The number of nitrogens with one attached hydrogen (secondary N) is 1. The van der Waals surface area contributed by atoms with Gasteiger partial charge in [0.2, 0.25) is 0 Å². The van der Waals surface area contributed by atoms with E-state index in [1.807, 2.05) is 13.8 Å². The molecule has 1 aromatic heterocycles.